The molecular weight excluding hydrogens is 494 g/mol. The van der Waals surface area contributed by atoms with Gasteiger partial charge in [-0.1, -0.05) is 27.7 Å². The number of rotatable bonds is 5. The van der Waals surface area contributed by atoms with Gasteiger partial charge in [0.1, 0.15) is 12.1 Å². The van der Waals surface area contributed by atoms with E-state index in [1.165, 1.54) is 44.9 Å². The first-order valence-electron chi connectivity index (χ1n) is 15.9. The van der Waals surface area contributed by atoms with E-state index in [4.69, 9.17) is 19.9 Å². The third-order valence-electron chi connectivity index (χ3n) is 13.1. The topological polar surface area (TPSA) is 70.8 Å². The predicted molar refractivity (Wildman–Crippen MR) is 153 cm³/mol. The third kappa shape index (κ3) is 4.32. The van der Waals surface area contributed by atoms with Crippen LogP contribution in [0.1, 0.15) is 98.3 Å². The predicted octanol–water partition coefficient (Wildman–Crippen LogP) is 6.43. The highest BCUT2D eigenvalue weighted by atomic mass is 32.2. The van der Waals surface area contributed by atoms with E-state index in [-0.39, 0.29) is 17.9 Å². The van der Waals surface area contributed by atoms with Gasteiger partial charge in [0.25, 0.3) is 0 Å². The van der Waals surface area contributed by atoms with Gasteiger partial charge in [0, 0.05) is 12.3 Å². The van der Waals surface area contributed by atoms with Crippen molar-refractivity contribution < 1.29 is 19.0 Å². The standard InChI is InChI=1S/C32H53NO4S/c1-19-8-14-32(35-18-19)20(2)28-27(37-32)17-25-23-7-6-21-16-22(36-29(34)26(33)11-15-38-5)9-12-30(21,3)24(23)10-13-31(25,28)4/h19-28H,6-18,33H2,1-5H3/t19-,20?,21?,22-,23?,24?,25?,26?,27?,28?,30-,31-,32+/m0/s1. The van der Waals surface area contributed by atoms with Crippen molar-refractivity contribution in [2.24, 2.45) is 58.0 Å². The zero-order valence-electron chi connectivity index (χ0n) is 24.6. The van der Waals surface area contributed by atoms with Crippen LogP contribution in [0.2, 0.25) is 0 Å². The fourth-order valence-electron chi connectivity index (χ4n) is 11.0. The first-order valence-corrected chi connectivity index (χ1v) is 17.3. The van der Waals surface area contributed by atoms with Gasteiger partial charge in [-0.15, -0.1) is 0 Å². The number of thioether (sulfide) groups is 1. The largest absolute Gasteiger partial charge is 0.461 e. The maximum atomic E-state index is 12.6. The maximum Gasteiger partial charge on any atom is 0.323 e. The van der Waals surface area contributed by atoms with Crippen molar-refractivity contribution in [2.75, 3.05) is 18.6 Å². The fourth-order valence-corrected chi connectivity index (χ4v) is 11.4. The maximum absolute atomic E-state index is 12.6. The minimum atomic E-state index is -0.476. The Kier molecular flexibility index (Phi) is 7.48. The second-order valence-corrected chi connectivity index (χ2v) is 15.9. The molecule has 6 fully saturated rings. The van der Waals surface area contributed by atoms with Gasteiger partial charge in [-0.05, 0) is 123 Å². The number of ether oxygens (including phenoxy) is 3. The molecule has 4 aliphatic carbocycles. The second-order valence-electron chi connectivity index (χ2n) is 14.9. The van der Waals surface area contributed by atoms with Gasteiger partial charge < -0.3 is 19.9 Å². The molecule has 6 rings (SSSR count). The Morgan fingerprint density at radius 2 is 1.82 bits per heavy atom. The quantitative estimate of drug-likeness (QED) is 0.400. The molecule has 0 aromatic heterocycles. The molecule has 2 heterocycles. The van der Waals surface area contributed by atoms with Crippen molar-refractivity contribution >= 4 is 17.7 Å². The van der Waals surface area contributed by atoms with E-state index in [0.29, 0.717) is 47.0 Å². The number of esters is 1. The van der Waals surface area contributed by atoms with Gasteiger partial charge in [-0.3, -0.25) is 4.79 Å². The van der Waals surface area contributed by atoms with Crippen LogP contribution in [0.5, 0.6) is 0 Å². The molecule has 4 saturated carbocycles. The van der Waals surface area contributed by atoms with Crippen LogP contribution in [-0.4, -0.2) is 48.6 Å². The van der Waals surface area contributed by atoms with E-state index >= 15 is 0 Å². The van der Waals surface area contributed by atoms with Crippen LogP contribution in [0.25, 0.3) is 0 Å². The molecule has 13 atom stereocenters. The molecule has 8 unspecified atom stereocenters. The lowest BCUT2D eigenvalue weighted by molar-refractivity contribution is -0.273. The van der Waals surface area contributed by atoms with E-state index < -0.39 is 6.04 Å². The van der Waals surface area contributed by atoms with Gasteiger partial charge in [0.2, 0.25) is 0 Å². The number of fused-ring (bicyclic) bond motifs is 7. The Bertz CT molecular complexity index is 891. The average Bonchev–Trinajstić information content (AvgIpc) is 3.34. The second kappa shape index (κ2) is 10.2. The molecule has 6 heteroatoms. The van der Waals surface area contributed by atoms with E-state index in [2.05, 4.69) is 34.0 Å². The highest BCUT2D eigenvalue weighted by molar-refractivity contribution is 7.98. The summed E-state index contributed by atoms with van der Waals surface area (Å²) < 4.78 is 19.5. The van der Waals surface area contributed by atoms with Crippen LogP contribution in [0, 0.1) is 52.3 Å². The van der Waals surface area contributed by atoms with Crippen molar-refractivity contribution in [1.82, 2.24) is 0 Å². The van der Waals surface area contributed by atoms with Gasteiger partial charge >= 0.3 is 5.97 Å². The number of hydrogen-bond acceptors (Lipinski definition) is 6. The average molecular weight is 548 g/mol. The summed E-state index contributed by atoms with van der Waals surface area (Å²) in [6.07, 6.45) is 15.3. The van der Waals surface area contributed by atoms with Gasteiger partial charge in [-0.25, -0.2) is 0 Å². The Balaban J connectivity index is 1.12. The van der Waals surface area contributed by atoms with Crippen LogP contribution in [0.15, 0.2) is 0 Å². The first kappa shape index (κ1) is 27.8. The Hall–Kier alpha value is -0.300. The molecular formula is C32H53NO4S. The Labute approximate surface area is 235 Å². The first-order chi connectivity index (χ1) is 18.1. The summed E-state index contributed by atoms with van der Waals surface area (Å²) in [6.45, 7) is 10.8. The van der Waals surface area contributed by atoms with Gasteiger partial charge in [-0.2, -0.15) is 11.8 Å². The minimum absolute atomic E-state index is 0.0563. The van der Waals surface area contributed by atoms with Crippen molar-refractivity contribution in [3.05, 3.63) is 0 Å². The molecule has 0 radical (unpaired) electrons. The SMILES string of the molecule is CSCCC(N)C(=O)O[C@H]1CC[C@@]2(C)C(CCC3C2CC[C@@]2(C)C3CC3O[C@]4(CC[C@H](C)CO4)C(C)C32)C1. The highest BCUT2D eigenvalue weighted by Crippen LogP contribution is 2.71. The van der Waals surface area contributed by atoms with E-state index in [1.54, 1.807) is 11.8 Å². The van der Waals surface area contributed by atoms with Crippen LogP contribution in [0.4, 0.5) is 0 Å². The summed E-state index contributed by atoms with van der Waals surface area (Å²) in [5.74, 6) is 5.25. The number of carbonyl (C=O) groups excluding carboxylic acids is 1. The van der Waals surface area contributed by atoms with E-state index in [9.17, 15) is 4.79 Å². The Morgan fingerprint density at radius 1 is 1.03 bits per heavy atom. The molecule has 0 bridgehead atoms. The van der Waals surface area contributed by atoms with Crippen LogP contribution >= 0.6 is 11.8 Å². The summed E-state index contributed by atoms with van der Waals surface area (Å²) in [5, 5.41) is 0. The zero-order chi connectivity index (χ0) is 26.9. The van der Waals surface area contributed by atoms with Gasteiger partial charge in [0.05, 0.1) is 12.7 Å². The van der Waals surface area contributed by atoms with Gasteiger partial charge in [0.15, 0.2) is 5.79 Å². The summed E-state index contributed by atoms with van der Waals surface area (Å²) in [5.41, 5.74) is 6.88. The highest BCUT2D eigenvalue weighted by Gasteiger charge is 2.69. The summed E-state index contributed by atoms with van der Waals surface area (Å²) in [6, 6.07) is -0.476. The number of carbonyl (C=O) groups is 1. The lowest BCUT2D eigenvalue weighted by Gasteiger charge is -2.61. The molecule has 2 N–H and O–H groups in total. The lowest BCUT2D eigenvalue weighted by atomic mass is 9.44. The summed E-state index contributed by atoms with van der Waals surface area (Å²) in [7, 11) is 0. The normalized spacial score (nSPS) is 52.5. The Morgan fingerprint density at radius 3 is 2.55 bits per heavy atom. The minimum Gasteiger partial charge on any atom is -0.461 e. The summed E-state index contributed by atoms with van der Waals surface area (Å²) in [4.78, 5) is 12.6. The molecule has 0 aromatic carbocycles. The smallest absolute Gasteiger partial charge is 0.323 e. The molecule has 2 aliphatic heterocycles. The van der Waals surface area contributed by atoms with Crippen molar-refractivity contribution in [1.29, 1.82) is 0 Å². The van der Waals surface area contributed by atoms with E-state index in [0.717, 1.165) is 49.4 Å². The van der Waals surface area contributed by atoms with E-state index in [1.807, 2.05) is 0 Å². The van der Waals surface area contributed by atoms with Crippen molar-refractivity contribution in [3.8, 4) is 0 Å². The third-order valence-corrected chi connectivity index (χ3v) is 13.7. The molecule has 0 aromatic rings. The fraction of sp³-hybridized carbons (Fsp3) is 0.969. The van der Waals surface area contributed by atoms with Crippen LogP contribution < -0.4 is 5.73 Å². The van der Waals surface area contributed by atoms with Crippen molar-refractivity contribution in [3.63, 3.8) is 0 Å². The molecule has 38 heavy (non-hydrogen) atoms. The summed E-state index contributed by atoms with van der Waals surface area (Å²) >= 11 is 1.73. The molecule has 2 saturated heterocycles. The molecule has 0 amide bonds. The number of hydrogen-bond donors (Lipinski definition) is 1. The zero-order valence-corrected chi connectivity index (χ0v) is 25.4. The lowest BCUT2D eigenvalue weighted by Crippen LogP contribution is -2.55. The van der Waals surface area contributed by atoms with Crippen molar-refractivity contribution in [2.45, 2.75) is 122 Å². The number of nitrogens with two attached hydrogens (primary N) is 1. The monoisotopic (exact) mass is 547 g/mol. The molecule has 216 valence electrons. The molecule has 6 aliphatic rings. The molecule has 5 nitrogen and oxygen atoms in total. The van der Waals surface area contributed by atoms with Crippen LogP contribution in [-0.2, 0) is 19.0 Å². The van der Waals surface area contributed by atoms with Crippen LogP contribution in [0.3, 0.4) is 0 Å². The molecule has 1 spiro atoms.